The van der Waals surface area contributed by atoms with Gasteiger partial charge in [-0.05, 0) is 42.4 Å². The van der Waals surface area contributed by atoms with Crippen molar-refractivity contribution >= 4 is 0 Å². The first-order chi connectivity index (χ1) is 8.45. The van der Waals surface area contributed by atoms with Crippen LogP contribution in [0.4, 0.5) is 13.2 Å². The Kier molecular flexibility index (Phi) is 3.98. The number of hydrogen-bond donors (Lipinski definition) is 0. The fourth-order valence-corrected chi connectivity index (χ4v) is 2.91. The summed E-state index contributed by atoms with van der Waals surface area (Å²) in [7, 11) is 0. The highest BCUT2D eigenvalue weighted by Crippen LogP contribution is 2.32. The van der Waals surface area contributed by atoms with Crippen LogP contribution in [0.25, 0.3) is 0 Å². The summed E-state index contributed by atoms with van der Waals surface area (Å²) >= 11 is 0. The largest absolute Gasteiger partial charge is 0.416 e. The second-order valence-electron chi connectivity index (χ2n) is 5.54. The molecule has 2 rings (SSSR count). The van der Waals surface area contributed by atoms with Gasteiger partial charge in [0.05, 0.1) is 5.56 Å². The molecule has 0 aromatic heterocycles. The molecule has 0 saturated heterocycles. The molecule has 1 fully saturated rings. The lowest BCUT2D eigenvalue weighted by atomic mass is 9.79. The Morgan fingerprint density at radius 2 is 1.78 bits per heavy atom. The van der Waals surface area contributed by atoms with Crippen LogP contribution in [0, 0.1) is 11.8 Å². The maximum absolute atomic E-state index is 12.4. The third-order valence-electron chi connectivity index (χ3n) is 3.85. The van der Waals surface area contributed by atoms with Gasteiger partial charge < -0.3 is 0 Å². The van der Waals surface area contributed by atoms with Crippen molar-refractivity contribution in [2.75, 3.05) is 0 Å². The molecule has 2 atom stereocenters. The topological polar surface area (TPSA) is 0 Å². The normalized spacial score (nSPS) is 25.1. The molecule has 100 valence electrons. The van der Waals surface area contributed by atoms with E-state index in [0.29, 0.717) is 5.92 Å². The van der Waals surface area contributed by atoms with Gasteiger partial charge in [0.1, 0.15) is 0 Å². The van der Waals surface area contributed by atoms with E-state index in [1.54, 1.807) is 12.1 Å². The van der Waals surface area contributed by atoms with Gasteiger partial charge >= 0.3 is 6.18 Å². The van der Waals surface area contributed by atoms with Crippen molar-refractivity contribution in [1.29, 1.82) is 0 Å². The molecular weight excluding hydrogens is 237 g/mol. The van der Waals surface area contributed by atoms with Crippen molar-refractivity contribution in [1.82, 2.24) is 0 Å². The van der Waals surface area contributed by atoms with E-state index in [1.807, 2.05) is 0 Å². The molecule has 0 bridgehead atoms. The third-order valence-corrected chi connectivity index (χ3v) is 3.85. The molecule has 2 unspecified atom stereocenters. The Hall–Kier alpha value is -0.990. The minimum absolute atomic E-state index is 0.553. The lowest BCUT2D eigenvalue weighted by molar-refractivity contribution is -0.137. The maximum atomic E-state index is 12.4. The molecule has 1 aliphatic carbocycles. The summed E-state index contributed by atoms with van der Waals surface area (Å²) in [5, 5.41) is 0. The van der Waals surface area contributed by atoms with Gasteiger partial charge in [-0.2, -0.15) is 13.2 Å². The molecule has 0 aliphatic heterocycles. The summed E-state index contributed by atoms with van der Waals surface area (Å²) in [4.78, 5) is 0. The second kappa shape index (κ2) is 5.33. The minimum Gasteiger partial charge on any atom is -0.166 e. The van der Waals surface area contributed by atoms with Crippen LogP contribution in [0.2, 0.25) is 0 Å². The van der Waals surface area contributed by atoms with E-state index in [9.17, 15) is 13.2 Å². The highest BCUT2D eigenvalue weighted by Gasteiger charge is 2.30. The fourth-order valence-electron chi connectivity index (χ4n) is 2.91. The summed E-state index contributed by atoms with van der Waals surface area (Å²) in [5.74, 6) is 1.41. The second-order valence-corrected chi connectivity index (χ2v) is 5.54. The maximum Gasteiger partial charge on any atom is 0.416 e. The van der Waals surface area contributed by atoms with E-state index in [-0.39, 0.29) is 0 Å². The zero-order valence-corrected chi connectivity index (χ0v) is 10.6. The molecule has 0 nitrogen and oxygen atoms in total. The van der Waals surface area contributed by atoms with Crippen molar-refractivity contribution in [3.63, 3.8) is 0 Å². The molecule has 1 aliphatic rings. The zero-order chi connectivity index (χ0) is 13.2. The van der Waals surface area contributed by atoms with Crippen molar-refractivity contribution in [3.8, 4) is 0 Å². The van der Waals surface area contributed by atoms with Crippen LogP contribution >= 0.6 is 0 Å². The Morgan fingerprint density at radius 3 is 2.33 bits per heavy atom. The minimum atomic E-state index is -4.22. The molecule has 0 radical (unpaired) electrons. The number of halogens is 3. The summed E-state index contributed by atoms with van der Waals surface area (Å²) in [6.07, 6.45) is 1.67. The highest BCUT2D eigenvalue weighted by atomic mass is 19.4. The van der Waals surface area contributed by atoms with Gasteiger partial charge in [0.25, 0.3) is 0 Å². The highest BCUT2D eigenvalue weighted by molar-refractivity contribution is 5.24. The molecule has 18 heavy (non-hydrogen) atoms. The van der Waals surface area contributed by atoms with Crippen LogP contribution in [0.1, 0.15) is 43.7 Å². The zero-order valence-electron chi connectivity index (χ0n) is 10.6. The predicted octanol–water partition coefficient (Wildman–Crippen LogP) is 5.07. The third kappa shape index (κ3) is 3.50. The summed E-state index contributed by atoms with van der Waals surface area (Å²) in [6.45, 7) is 2.26. The van der Waals surface area contributed by atoms with Crippen LogP contribution in [-0.2, 0) is 12.6 Å². The van der Waals surface area contributed by atoms with E-state index in [4.69, 9.17) is 0 Å². The van der Waals surface area contributed by atoms with Gasteiger partial charge in [-0.15, -0.1) is 0 Å². The van der Waals surface area contributed by atoms with E-state index in [2.05, 4.69) is 6.92 Å². The van der Waals surface area contributed by atoms with Crippen molar-refractivity contribution in [3.05, 3.63) is 35.4 Å². The first-order valence-corrected chi connectivity index (χ1v) is 6.61. The van der Waals surface area contributed by atoms with Gasteiger partial charge in [0.2, 0.25) is 0 Å². The predicted molar refractivity (Wildman–Crippen MR) is 66.3 cm³/mol. The average molecular weight is 256 g/mol. The van der Waals surface area contributed by atoms with Gasteiger partial charge in [-0.3, -0.25) is 0 Å². The number of hydrogen-bond acceptors (Lipinski definition) is 0. The van der Waals surface area contributed by atoms with Gasteiger partial charge in [0.15, 0.2) is 0 Å². The van der Waals surface area contributed by atoms with Gasteiger partial charge in [-0.25, -0.2) is 0 Å². The standard InChI is InChI=1S/C15H19F3/c1-11-3-2-4-13(9-11)10-12-5-7-14(8-6-12)15(16,17)18/h5-8,11,13H,2-4,9-10H2,1H3. The number of benzene rings is 1. The SMILES string of the molecule is CC1CCCC(Cc2ccc(C(F)(F)F)cc2)C1. The van der Waals surface area contributed by atoms with Gasteiger partial charge in [-0.1, -0.05) is 38.3 Å². The van der Waals surface area contributed by atoms with E-state index >= 15 is 0 Å². The molecule has 3 heteroatoms. The van der Waals surface area contributed by atoms with Crippen LogP contribution in [0.5, 0.6) is 0 Å². The van der Waals surface area contributed by atoms with Crippen LogP contribution in [0.15, 0.2) is 24.3 Å². The first kappa shape index (κ1) is 13.4. The van der Waals surface area contributed by atoms with Crippen molar-refractivity contribution in [2.45, 2.75) is 45.2 Å². The molecule has 1 saturated carbocycles. The van der Waals surface area contributed by atoms with Crippen LogP contribution in [-0.4, -0.2) is 0 Å². The Balaban J connectivity index is 1.98. The quantitative estimate of drug-likeness (QED) is 0.692. The Bertz CT molecular complexity index is 378. The molecule has 0 spiro atoms. The van der Waals surface area contributed by atoms with Crippen molar-refractivity contribution in [2.24, 2.45) is 11.8 Å². The van der Waals surface area contributed by atoms with Crippen LogP contribution < -0.4 is 0 Å². The lowest BCUT2D eigenvalue weighted by Gasteiger charge is -2.26. The Labute approximate surface area is 106 Å². The first-order valence-electron chi connectivity index (χ1n) is 6.61. The molecule has 1 aromatic carbocycles. The molecule has 0 amide bonds. The van der Waals surface area contributed by atoms with Gasteiger partial charge in [0, 0.05) is 0 Å². The van der Waals surface area contributed by atoms with E-state index < -0.39 is 11.7 Å². The van der Waals surface area contributed by atoms with E-state index in [1.165, 1.54) is 37.8 Å². The molecule has 0 N–H and O–H groups in total. The summed E-state index contributed by atoms with van der Waals surface area (Å²) in [5.41, 5.74) is 0.477. The van der Waals surface area contributed by atoms with Crippen LogP contribution in [0.3, 0.4) is 0 Å². The summed E-state index contributed by atoms with van der Waals surface area (Å²) in [6, 6.07) is 5.65. The monoisotopic (exact) mass is 256 g/mol. The smallest absolute Gasteiger partial charge is 0.166 e. The number of rotatable bonds is 2. The Morgan fingerprint density at radius 1 is 1.11 bits per heavy atom. The fraction of sp³-hybridized carbons (Fsp3) is 0.600. The molecular formula is C15H19F3. The average Bonchev–Trinajstić information content (AvgIpc) is 2.28. The molecule has 0 heterocycles. The summed E-state index contributed by atoms with van der Waals surface area (Å²) < 4.78 is 37.3. The molecule has 1 aromatic rings. The van der Waals surface area contributed by atoms with E-state index in [0.717, 1.165) is 17.9 Å². The number of alkyl halides is 3. The lowest BCUT2D eigenvalue weighted by Crippen LogP contribution is -2.15. The van der Waals surface area contributed by atoms with Crippen molar-refractivity contribution < 1.29 is 13.2 Å².